The van der Waals surface area contributed by atoms with Crippen LogP contribution in [0.25, 0.3) is 0 Å². The molecule has 2 rings (SSSR count). The van der Waals surface area contributed by atoms with E-state index in [2.05, 4.69) is 32.6 Å². The Balaban J connectivity index is 2.16. The second kappa shape index (κ2) is 6.68. The van der Waals surface area contributed by atoms with Crippen LogP contribution < -0.4 is 0 Å². The van der Waals surface area contributed by atoms with E-state index in [1.54, 1.807) is 0 Å². The highest BCUT2D eigenvalue weighted by Crippen LogP contribution is 2.45. The molecule has 3 unspecified atom stereocenters. The first kappa shape index (κ1) is 16.8. The van der Waals surface area contributed by atoms with E-state index in [9.17, 15) is 9.90 Å². The first-order chi connectivity index (χ1) is 9.90. The van der Waals surface area contributed by atoms with Crippen molar-refractivity contribution >= 4 is 5.97 Å². The lowest BCUT2D eigenvalue weighted by Crippen LogP contribution is -2.50. The monoisotopic (exact) mass is 295 g/mol. The van der Waals surface area contributed by atoms with Crippen LogP contribution in [0.4, 0.5) is 0 Å². The second-order valence-electron chi connectivity index (χ2n) is 7.83. The molecule has 2 saturated carbocycles. The van der Waals surface area contributed by atoms with Gasteiger partial charge in [-0.2, -0.15) is 0 Å². The normalized spacial score (nSPS) is 30.6. The quantitative estimate of drug-likeness (QED) is 0.766. The van der Waals surface area contributed by atoms with Crippen LogP contribution in [0.1, 0.15) is 72.6 Å². The maximum Gasteiger partial charge on any atom is 0.308 e. The van der Waals surface area contributed by atoms with E-state index < -0.39 is 5.97 Å². The van der Waals surface area contributed by atoms with Gasteiger partial charge in [-0.1, -0.05) is 34.1 Å². The summed E-state index contributed by atoms with van der Waals surface area (Å²) in [5.74, 6) is -0.0585. The Morgan fingerprint density at radius 1 is 1.19 bits per heavy atom. The maximum absolute atomic E-state index is 11.7. The molecule has 3 nitrogen and oxygen atoms in total. The van der Waals surface area contributed by atoms with Crippen molar-refractivity contribution in [3.63, 3.8) is 0 Å². The molecule has 3 atom stereocenters. The van der Waals surface area contributed by atoms with Gasteiger partial charge in [0.1, 0.15) is 0 Å². The van der Waals surface area contributed by atoms with Crippen molar-refractivity contribution in [3.8, 4) is 0 Å². The predicted octanol–water partition coefficient (Wildman–Crippen LogP) is 4.17. The molecule has 0 aliphatic heterocycles. The smallest absolute Gasteiger partial charge is 0.308 e. The number of carboxylic acids is 1. The summed E-state index contributed by atoms with van der Waals surface area (Å²) in [5.41, 5.74) is 0.336. The zero-order valence-electron chi connectivity index (χ0n) is 14.3. The van der Waals surface area contributed by atoms with E-state index in [-0.39, 0.29) is 12.0 Å². The van der Waals surface area contributed by atoms with E-state index in [1.165, 1.54) is 19.3 Å². The second-order valence-corrected chi connectivity index (χ2v) is 7.83. The zero-order chi connectivity index (χ0) is 15.6. The maximum atomic E-state index is 11.7. The molecule has 3 heteroatoms. The fraction of sp³-hybridized carbons (Fsp3) is 0.944. The third-order valence-corrected chi connectivity index (χ3v) is 6.07. The predicted molar refractivity (Wildman–Crippen MR) is 86.3 cm³/mol. The lowest BCUT2D eigenvalue weighted by Gasteiger charge is -2.46. The topological polar surface area (TPSA) is 40.5 Å². The van der Waals surface area contributed by atoms with E-state index in [4.69, 9.17) is 0 Å². The lowest BCUT2D eigenvalue weighted by molar-refractivity contribution is -0.147. The summed E-state index contributed by atoms with van der Waals surface area (Å²) in [6.07, 6.45) is 7.87. The molecule has 0 saturated heterocycles. The Bertz CT molecular complexity index is 362. The SMILES string of the molecule is CCCN(C1CC1)C1CC(C(C)(C)CC)CCC1C(=O)O. The Labute approximate surface area is 130 Å². The van der Waals surface area contributed by atoms with Gasteiger partial charge in [0.05, 0.1) is 5.92 Å². The van der Waals surface area contributed by atoms with Crippen molar-refractivity contribution in [1.82, 2.24) is 4.90 Å². The summed E-state index contributed by atoms with van der Waals surface area (Å²) < 4.78 is 0. The first-order valence-corrected chi connectivity index (χ1v) is 8.89. The van der Waals surface area contributed by atoms with Crippen molar-refractivity contribution in [2.75, 3.05) is 6.54 Å². The van der Waals surface area contributed by atoms with Crippen molar-refractivity contribution in [1.29, 1.82) is 0 Å². The summed E-state index contributed by atoms with van der Waals surface area (Å²) in [5, 5.41) is 9.65. The minimum atomic E-state index is -0.575. The molecule has 0 aromatic rings. The van der Waals surface area contributed by atoms with Gasteiger partial charge in [0.15, 0.2) is 0 Å². The van der Waals surface area contributed by atoms with Crippen LogP contribution in [-0.2, 0) is 4.79 Å². The van der Waals surface area contributed by atoms with Crippen molar-refractivity contribution in [2.45, 2.75) is 84.7 Å². The molecule has 2 fully saturated rings. The highest BCUT2D eigenvalue weighted by Gasteiger charge is 2.45. The summed E-state index contributed by atoms with van der Waals surface area (Å²) in [6, 6.07) is 0.930. The summed E-state index contributed by atoms with van der Waals surface area (Å²) >= 11 is 0. The Morgan fingerprint density at radius 3 is 2.33 bits per heavy atom. The van der Waals surface area contributed by atoms with Gasteiger partial charge in [0.2, 0.25) is 0 Å². The van der Waals surface area contributed by atoms with Crippen LogP contribution in [-0.4, -0.2) is 34.6 Å². The molecule has 0 aromatic carbocycles. The van der Waals surface area contributed by atoms with Gasteiger partial charge in [-0.3, -0.25) is 9.69 Å². The summed E-state index contributed by atoms with van der Waals surface area (Å²) in [4.78, 5) is 14.3. The highest BCUT2D eigenvalue weighted by molar-refractivity contribution is 5.71. The molecule has 0 amide bonds. The van der Waals surface area contributed by atoms with Gasteiger partial charge < -0.3 is 5.11 Å². The minimum Gasteiger partial charge on any atom is -0.481 e. The molecule has 0 aromatic heterocycles. The fourth-order valence-corrected chi connectivity index (χ4v) is 4.08. The third kappa shape index (κ3) is 3.80. The largest absolute Gasteiger partial charge is 0.481 e. The van der Waals surface area contributed by atoms with Gasteiger partial charge in [-0.25, -0.2) is 0 Å². The van der Waals surface area contributed by atoms with Gasteiger partial charge >= 0.3 is 5.97 Å². The number of nitrogens with zero attached hydrogens (tertiary/aromatic N) is 1. The van der Waals surface area contributed by atoms with Crippen LogP contribution in [0.5, 0.6) is 0 Å². The summed E-state index contributed by atoms with van der Waals surface area (Å²) in [7, 11) is 0. The molecule has 0 heterocycles. The van der Waals surface area contributed by atoms with E-state index >= 15 is 0 Å². The molecule has 0 radical (unpaired) electrons. The number of rotatable bonds is 7. The van der Waals surface area contributed by atoms with Gasteiger partial charge in [0, 0.05) is 12.1 Å². The third-order valence-electron chi connectivity index (χ3n) is 6.07. The average molecular weight is 295 g/mol. The first-order valence-electron chi connectivity index (χ1n) is 8.89. The zero-order valence-corrected chi connectivity index (χ0v) is 14.3. The van der Waals surface area contributed by atoms with Crippen LogP contribution in [0.2, 0.25) is 0 Å². The number of hydrogen-bond donors (Lipinski definition) is 1. The van der Waals surface area contributed by atoms with Crippen LogP contribution in [0.3, 0.4) is 0 Å². The Hall–Kier alpha value is -0.570. The molecule has 21 heavy (non-hydrogen) atoms. The lowest BCUT2D eigenvalue weighted by atomic mass is 9.65. The fourth-order valence-electron chi connectivity index (χ4n) is 4.08. The van der Waals surface area contributed by atoms with Crippen molar-refractivity contribution in [3.05, 3.63) is 0 Å². The molecule has 0 spiro atoms. The van der Waals surface area contributed by atoms with Crippen LogP contribution in [0.15, 0.2) is 0 Å². The standard InChI is InChI=1S/C18H33NO2/c1-5-11-19(14-8-9-14)16-12-13(18(3,4)6-2)7-10-15(16)17(20)21/h13-16H,5-12H2,1-4H3,(H,20,21). The average Bonchev–Trinajstić information content (AvgIpc) is 3.28. The molecule has 2 aliphatic rings. The highest BCUT2D eigenvalue weighted by atomic mass is 16.4. The Kier molecular flexibility index (Phi) is 5.34. The van der Waals surface area contributed by atoms with E-state index in [0.717, 1.165) is 32.2 Å². The summed E-state index contributed by atoms with van der Waals surface area (Å²) in [6.45, 7) is 10.3. The number of hydrogen-bond acceptors (Lipinski definition) is 2. The molecule has 122 valence electrons. The molecular formula is C18H33NO2. The number of carbonyl (C=O) groups is 1. The van der Waals surface area contributed by atoms with Crippen LogP contribution >= 0.6 is 0 Å². The van der Waals surface area contributed by atoms with Crippen molar-refractivity contribution in [2.24, 2.45) is 17.3 Å². The van der Waals surface area contributed by atoms with Crippen molar-refractivity contribution < 1.29 is 9.90 Å². The van der Waals surface area contributed by atoms with Crippen LogP contribution in [0, 0.1) is 17.3 Å². The minimum absolute atomic E-state index is 0.152. The molecule has 1 N–H and O–H groups in total. The van der Waals surface area contributed by atoms with Gasteiger partial charge in [-0.05, 0) is 56.4 Å². The van der Waals surface area contributed by atoms with E-state index in [0.29, 0.717) is 17.4 Å². The molecule has 2 aliphatic carbocycles. The van der Waals surface area contributed by atoms with E-state index in [1.807, 2.05) is 0 Å². The van der Waals surface area contributed by atoms with Gasteiger partial charge in [0.25, 0.3) is 0 Å². The molecule has 0 bridgehead atoms. The Morgan fingerprint density at radius 2 is 1.86 bits per heavy atom. The number of aliphatic carboxylic acids is 1. The molecular weight excluding hydrogens is 262 g/mol. The van der Waals surface area contributed by atoms with Gasteiger partial charge in [-0.15, -0.1) is 0 Å². The number of carboxylic acid groups (broad SMARTS) is 1.